The Balaban J connectivity index is 1.63. The van der Waals surface area contributed by atoms with E-state index < -0.39 is 0 Å². The predicted molar refractivity (Wildman–Crippen MR) is 107 cm³/mol. The van der Waals surface area contributed by atoms with Gasteiger partial charge in [0.05, 0.1) is 11.2 Å². The number of nitrogens with one attached hydrogen (secondary N) is 1. The van der Waals surface area contributed by atoms with Crippen molar-refractivity contribution < 1.29 is 0 Å². The van der Waals surface area contributed by atoms with E-state index in [1.54, 1.807) is 6.20 Å². The molecule has 2 aromatic rings. The Bertz CT molecular complexity index is 700. The molecule has 6 nitrogen and oxygen atoms in total. The molecule has 1 aliphatic rings. The predicted octanol–water partition coefficient (Wildman–Crippen LogP) is 3.12. The molecule has 0 saturated carbocycles. The molecule has 3 rings (SSSR count). The molecule has 0 atom stereocenters. The lowest BCUT2D eigenvalue weighted by atomic mass is 10.2. The molecule has 0 aliphatic carbocycles. The first-order valence-corrected chi connectivity index (χ1v) is 9.45. The van der Waals surface area contributed by atoms with E-state index in [0.29, 0.717) is 5.02 Å². The van der Waals surface area contributed by atoms with Crippen LogP contribution in [0.25, 0.3) is 0 Å². The fourth-order valence-electron chi connectivity index (χ4n) is 3.18. The summed E-state index contributed by atoms with van der Waals surface area (Å²) in [4.78, 5) is 2.48. The zero-order chi connectivity index (χ0) is 18.5. The van der Waals surface area contributed by atoms with Crippen molar-refractivity contribution in [2.75, 3.05) is 43.6 Å². The number of hydrogen-bond donors (Lipinski definition) is 1. The Morgan fingerprint density at radius 2 is 1.85 bits per heavy atom. The minimum absolute atomic E-state index is 0.270. The van der Waals surface area contributed by atoms with Gasteiger partial charge in [0.25, 0.3) is 0 Å². The summed E-state index contributed by atoms with van der Waals surface area (Å²) in [5.41, 5.74) is 2.20. The number of nitrogens with zero attached hydrogens (tertiary/aromatic N) is 5. The van der Waals surface area contributed by atoms with E-state index >= 15 is 0 Å². The molecular formula is C19H27ClN6. The molecule has 26 heavy (non-hydrogen) atoms. The molecule has 0 radical (unpaired) electrons. The van der Waals surface area contributed by atoms with Crippen molar-refractivity contribution >= 4 is 23.1 Å². The molecule has 140 valence electrons. The van der Waals surface area contributed by atoms with E-state index in [2.05, 4.69) is 74.6 Å². The Morgan fingerprint density at radius 1 is 1.15 bits per heavy atom. The Hall–Kier alpha value is -1.89. The molecule has 7 heteroatoms. The number of hydrazine groups is 1. The van der Waals surface area contributed by atoms with Crippen molar-refractivity contribution in [1.82, 2.24) is 20.1 Å². The molecule has 0 spiro atoms. The highest BCUT2D eigenvalue weighted by Gasteiger charge is 2.24. The molecule has 1 aromatic heterocycles. The van der Waals surface area contributed by atoms with Gasteiger partial charge in [0, 0.05) is 45.8 Å². The summed E-state index contributed by atoms with van der Waals surface area (Å²) in [6.45, 7) is 9.08. The lowest BCUT2D eigenvalue weighted by Gasteiger charge is -2.40. The number of benzene rings is 1. The molecular weight excluding hydrogens is 348 g/mol. The molecule has 1 fully saturated rings. The number of aromatic nitrogens is 2. The van der Waals surface area contributed by atoms with Gasteiger partial charge in [0.2, 0.25) is 0 Å². The van der Waals surface area contributed by atoms with Crippen LogP contribution in [-0.2, 0) is 6.54 Å². The number of halogens is 1. The van der Waals surface area contributed by atoms with Crippen molar-refractivity contribution in [3.8, 4) is 0 Å². The Kier molecular flexibility index (Phi) is 6.29. The van der Waals surface area contributed by atoms with Crippen LogP contribution in [0.3, 0.4) is 0 Å². The van der Waals surface area contributed by atoms with Crippen LogP contribution in [0.1, 0.15) is 19.4 Å². The third-order valence-corrected chi connectivity index (χ3v) is 4.83. The first kappa shape index (κ1) is 18.9. The molecule has 1 aliphatic heterocycles. The van der Waals surface area contributed by atoms with E-state index in [1.165, 1.54) is 5.56 Å². The third kappa shape index (κ3) is 4.63. The Morgan fingerprint density at radius 3 is 2.50 bits per heavy atom. The molecule has 2 heterocycles. The Labute approximate surface area is 160 Å². The minimum atomic E-state index is 0.270. The molecule has 1 N–H and O–H groups in total. The van der Waals surface area contributed by atoms with Crippen molar-refractivity contribution in [2.24, 2.45) is 0 Å². The first-order chi connectivity index (χ1) is 12.5. The molecule has 0 bridgehead atoms. The normalized spacial score (nSPS) is 16.0. The van der Waals surface area contributed by atoms with Crippen molar-refractivity contribution in [3.05, 3.63) is 47.1 Å². The lowest BCUT2D eigenvalue weighted by Crippen LogP contribution is -2.52. The van der Waals surface area contributed by atoms with E-state index in [-0.39, 0.29) is 6.04 Å². The average Bonchev–Trinajstić information content (AvgIpc) is 2.64. The molecule has 0 amide bonds. The van der Waals surface area contributed by atoms with Gasteiger partial charge in [0.15, 0.2) is 5.82 Å². The van der Waals surface area contributed by atoms with Gasteiger partial charge in [-0.2, -0.15) is 5.10 Å². The second kappa shape index (κ2) is 8.66. The smallest absolute Gasteiger partial charge is 0.190 e. The number of piperazine rings is 1. The highest BCUT2D eigenvalue weighted by Crippen LogP contribution is 2.31. The van der Waals surface area contributed by atoms with Crippen LogP contribution in [0, 0.1) is 0 Å². The van der Waals surface area contributed by atoms with Gasteiger partial charge in [-0.05, 0) is 19.4 Å². The van der Waals surface area contributed by atoms with Crippen LogP contribution in [0.2, 0.25) is 5.02 Å². The quantitative estimate of drug-likeness (QED) is 0.838. The standard InChI is InChI=1S/C19H27ClN6/c1-15(2)22-18-17(20)13-21-23-19(18)24(3)26-11-9-25(10-12-26)14-16-7-5-4-6-8-16/h4-8,13,15H,9-12,14H2,1-3H3,(H,21,22). The minimum Gasteiger partial charge on any atom is -0.379 e. The lowest BCUT2D eigenvalue weighted by molar-refractivity contribution is 0.121. The van der Waals surface area contributed by atoms with Crippen LogP contribution < -0.4 is 10.3 Å². The van der Waals surface area contributed by atoms with Gasteiger partial charge in [-0.3, -0.25) is 9.91 Å². The molecule has 1 saturated heterocycles. The maximum absolute atomic E-state index is 6.35. The highest BCUT2D eigenvalue weighted by atomic mass is 35.5. The van der Waals surface area contributed by atoms with Gasteiger partial charge < -0.3 is 5.32 Å². The summed E-state index contributed by atoms with van der Waals surface area (Å²) in [7, 11) is 2.03. The summed E-state index contributed by atoms with van der Waals surface area (Å²) in [5.74, 6) is 0.766. The van der Waals surface area contributed by atoms with E-state index in [4.69, 9.17) is 11.6 Å². The van der Waals surface area contributed by atoms with Crippen molar-refractivity contribution in [1.29, 1.82) is 0 Å². The third-order valence-electron chi connectivity index (χ3n) is 4.55. The van der Waals surface area contributed by atoms with Gasteiger partial charge in [-0.1, -0.05) is 41.9 Å². The van der Waals surface area contributed by atoms with E-state index in [1.807, 2.05) is 7.05 Å². The van der Waals surface area contributed by atoms with Gasteiger partial charge in [0.1, 0.15) is 5.69 Å². The summed E-state index contributed by atoms with van der Waals surface area (Å²) in [6, 6.07) is 10.9. The second-order valence-corrected chi connectivity index (χ2v) is 7.34. The zero-order valence-electron chi connectivity index (χ0n) is 15.7. The average molecular weight is 375 g/mol. The fraction of sp³-hybridized carbons (Fsp3) is 0.474. The van der Waals surface area contributed by atoms with Crippen LogP contribution >= 0.6 is 11.6 Å². The van der Waals surface area contributed by atoms with Gasteiger partial charge in [-0.25, -0.2) is 5.01 Å². The molecule has 1 aromatic carbocycles. The highest BCUT2D eigenvalue weighted by molar-refractivity contribution is 6.33. The zero-order valence-corrected chi connectivity index (χ0v) is 16.4. The largest absolute Gasteiger partial charge is 0.379 e. The number of hydrogen-bond acceptors (Lipinski definition) is 6. The van der Waals surface area contributed by atoms with Crippen LogP contribution in [0.4, 0.5) is 11.5 Å². The maximum Gasteiger partial charge on any atom is 0.190 e. The monoisotopic (exact) mass is 374 g/mol. The maximum atomic E-state index is 6.35. The van der Waals surface area contributed by atoms with Crippen molar-refractivity contribution in [2.45, 2.75) is 26.4 Å². The summed E-state index contributed by atoms with van der Waals surface area (Å²) >= 11 is 6.35. The summed E-state index contributed by atoms with van der Waals surface area (Å²) < 4.78 is 0. The van der Waals surface area contributed by atoms with E-state index in [9.17, 15) is 0 Å². The van der Waals surface area contributed by atoms with E-state index in [0.717, 1.165) is 44.2 Å². The first-order valence-electron chi connectivity index (χ1n) is 9.07. The SMILES string of the molecule is CC(C)Nc1c(Cl)cnnc1N(C)N1CCN(Cc2ccccc2)CC1. The van der Waals surface area contributed by atoms with Crippen LogP contribution in [0.5, 0.6) is 0 Å². The second-order valence-electron chi connectivity index (χ2n) is 6.93. The summed E-state index contributed by atoms with van der Waals surface area (Å²) in [6.07, 6.45) is 1.58. The van der Waals surface area contributed by atoms with Crippen molar-refractivity contribution in [3.63, 3.8) is 0 Å². The molecule has 0 unspecified atom stereocenters. The van der Waals surface area contributed by atoms with Gasteiger partial charge >= 0.3 is 0 Å². The number of rotatable bonds is 6. The van der Waals surface area contributed by atoms with Gasteiger partial charge in [-0.15, -0.1) is 5.10 Å². The summed E-state index contributed by atoms with van der Waals surface area (Å²) in [5, 5.41) is 16.7. The number of anilines is 2. The fourth-order valence-corrected chi connectivity index (χ4v) is 3.36. The topological polar surface area (TPSA) is 47.5 Å². The van der Waals surface area contributed by atoms with Crippen LogP contribution in [-0.4, -0.2) is 59.4 Å². The van der Waals surface area contributed by atoms with Crippen LogP contribution in [0.15, 0.2) is 36.5 Å².